The lowest BCUT2D eigenvalue weighted by Crippen LogP contribution is -2.13. The molecule has 0 saturated carbocycles. The monoisotopic (exact) mass is 310 g/mol. The number of nitrogens with two attached hydrogens (primary N) is 1. The van der Waals surface area contributed by atoms with E-state index >= 15 is 0 Å². The highest BCUT2D eigenvalue weighted by molar-refractivity contribution is 9.10. The Morgan fingerprint density at radius 1 is 1.35 bits per heavy atom. The quantitative estimate of drug-likeness (QED) is 0.669. The van der Waals surface area contributed by atoms with Gasteiger partial charge in [-0.05, 0) is 41.1 Å². The maximum absolute atomic E-state index is 7.61. The van der Waals surface area contributed by atoms with Crippen LogP contribution in [-0.2, 0) is 0 Å². The zero-order valence-electron chi connectivity index (χ0n) is 9.16. The summed E-state index contributed by atoms with van der Waals surface area (Å²) in [5.74, 6) is 0.922. The van der Waals surface area contributed by atoms with Gasteiger partial charge in [0.1, 0.15) is 11.6 Å². The van der Waals surface area contributed by atoms with Gasteiger partial charge in [-0.25, -0.2) is 0 Å². The molecule has 3 N–H and O–H groups in total. The molecule has 1 heterocycles. The average molecular weight is 311 g/mol. The van der Waals surface area contributed by atoms with Gasteiger partial charge in [-0.15, -0.1) is 0 Å². The smallest absolute Gasteiger partial charge is 0.125 e. The molecule has 5 heteroatoms. The predicted molar refractivity (Wildman–Crippen MR) is 72.7 cm³/mol. The minimum absolute atomic E-state index is 0.0566. The first-order valence-corrected chi connectivity index (χ1v) is 6.55. The van der Waals surface area contributed by atoms with Crippen LogP contribution in [0.25, 0.3) is 0 Å². The van der Waals surface area contributed by atoms with Gasteiger partial charge in [0.05, 0.1) is 11.2 Å². The van der Waals surface area contributed by atoms with E-state index < -0.39 is 0 Å². The molecule has 0 aliphatic rings. The van der Waals surface area contributed by atoms with Crippen molar-refractivity contribution in [1.29, 1.82) is 5.41 Å². The number of hydrogen-bond acceptors (Lipinski definition) is 3. The molecule has 2 aromatic rings. The number of furan rings is 1. The van der Waals surface area contributed by atoms with Crippen LogP contribution in [0.1, 0.15) is 11.3 Å². The van der Waals surface area contributed by atoms with Crippen molar-refractivity contribution >= 4 is 33.5 Å². The van der Waals surface area contributed by atoms with E-state index in [2.05, 4.69) is 15.9 Å². The van der Waals surface area contributed by atoms with Crippen LogP contribution in [0.5, 0.6) is 0 Å². The van der Waals surface area contributed by atoms with Gasteiger partial charge in [0.15, 0.2) is 0 Å². The first-order valence-electron chi connectivity index (χ1n) is 4.94. The number of benzene rings is 1. The molecule has 0 amide bonds. The third-order valence-electron chi connectivity index (χ3n) is 2.28. The maximum atomic E-state index is 7.61. The van der Waals surface area contributed by atoms with Crippen molar-refractivity contribution in [2.75, 3.05) is 0 Å². The van der Waals surface area contributed by atoms with Crippen LogP contribution in [0.4, 0.5) is 0 Å². The van der Waals surface area contributed by atoms with Gasteiger partial charge in [0.25, 0.3) is 0 Å². The molecule has 1 aromatic heterocycles. The fourth-order valence-corrected chi connectivity index (χ4v) is 3.18. The minimum atomic E-state index is 0.0566. The molecule has 0 saturated heterocycles. The minimum Gasteiger partial charge on any atom is -0.468 e. The largest absolute Gasteiger partial charge is 0.468 e. The average Bonchev–Trinajstić information content (AvgIpc) is 2.64. The van der Waals surface area contributed by atoms with E-state index in [1.54, 1.807) is 18.0 Å². The van der Waals surface area contributed by atoms with E-state index in [0.717, 1.165) is 25.6 Å². The Bertz CT molecular complexity index is 565. The first kappa shape index (κ1) is 12.3. The van der Waals surface area contributed by atoms with Gasteiger partial charge in [-0.3, -0.25) is 5.41 Å². The standard InChI is InChI=1S/C12H11BrN2OS/c1-7-9(5-6-16-7)17-10-4-2-3-8(13)11(10)12(14)15/h2-6H,1H3,(H3,14,15). The molecule has 17 heavy (non-hydrogen) atoms. The zero-order valence-corrected chi connectivity index (χ0v) is 11.6. The number of nitrogen functional groups attached to an aromatic ring is 1. The van der Waals surface area contributed by atoms with E-state index in [9.17, 15) is 0 Å². The van der Waals surface area contributed by atoms with Crippen LogP contribution >= 0.6 is 27.7 Å². The molecule has 0 aliphatic carbocycles. The number of amidine groups is 1. The van der Waals surface area contributed by atoms with Gasteiger partial charge >= 0.3 is 0 Å². The SMILES string of the molecule is Cc1occc1Sc1cccc(Br)c1C(=N)N. The van der Waals surface area contributed by atoms with Crippen LogP contribution in [0.2, 0.25) is 0 Å². The lowest BCUT2D eigenvalue weighted by Gasteiger charge is -2.09. The van der Waals surface area contributed by atoms with Crippen LogP contribution in [0, 0.1) is 12.3 Å². The van der Waals surface area contributed by atoms with Gasteiger partial charge < -0.3 is 10.2 Å². The second-order valence-electron chi connectivity index (χ2n) is 3.47. The summed E-state index contributed by atoms with van der Waals surface area (Å²) in [5.41, 5.74) is 6.32. The van der Waals surface area contributed by atoms with Crippen molar-refractivity contribution in [2.24, 2.45) is 5.73 Å². The van der Waals surface area contributed by atoms with E-state index in [0.29, 0.717) is 0 Å². The number of hydrogen-bond donors (Lipinski definition) is 2. The first-order chi connectivity index (χ1) is 8.09. The number of nitrogens with one attached hydrogen (secondary N) is 1. The summed E-state index contributed by atoms with van der Waals surface area (Å²) >= 11 is 4.96. The van der Waals surface area contributed by atoms with Crippen molar-refractivity contribution < 1.29 is 4.42 Å². The van der Waals surface area contributed by atoms with Crippen molar-refractivity contribution in [2.45, 2.75) is 16.7 Å². The topological polar surface area (TPSA) is 63.0 Å². The van der Waals surface area contributed by atoms with Crippen molar-refractivity contribution in [3.8, 4) is 0 Å². The molecule has 0 bridgehead atoms. The van der Waals surface area contributed by atoms with E-state index in [-0.39, 0.29) is 5.84 Å². The second-order valence-corrected chi connectivity index (χ2v) is 5.41. The highest BCUT2D eigenvalue weighted by Gasteiger charge is 2.12. The number of aryl methyl sites for hydroxylation is 1. The third-order valence-corrected chi connectivity index (χ3v) is 4.14. The summed E-state index contributed by atoms with van der Waals surface area (Å²) in [6, 6.07) is 7.65. The van der Waals surface area contributed by atoms with Crippen LogP contribution in [-0.4, -0.2) is 5.84 Å². The molecule has 0 fully saturated rings. The fraction of sp³-hybridized carbons (Fsp3) is 0.0833. The fourth-order valence-electron chi connectivity index (χ4n) is 1.45. The Labute approximate surface area is 112 Å². The van der Waals surface area contributed by atoms with Gasteiger partial charge in [0, 0.05) is 14.9 Å². The normalized spacial score (nSPS) is 10.5. The molecule has 3 nitrogen and oxygen atoms in total. The molecule has 88 valence electrons. The van der Waals surface area contributed by atoms with Crippen molar-refractivity contribution in [3.05, 3.63) is 46.3 Å². The number of rotatable bonds is 3. The van der Waals surface area contributed by atoms with Gasteiger partial charge in [-0.1, -0.05) is 17.8 Å². The Morgan fingerprint density at radius 3 is 2.71 bits per heavy atom. The third kappa shape index (κ3) is 2.56. The molecule has 0 radical (unpaired) electrons. The van der Waals surface area contributed by atoms with Crippen molar-refractivity contribution in [3.63, 3.8) is 0 Å². The van der Waals surface area contributed by atoms with Gasteiger partial charge in [-0.2, -0.15) is 0 Å². The molecule has 0 atom stereocenters. The predicted octanol–water partition coefficient (Wildman–Crippen LogP) is 3.79. The lowest BCUT2D eigenvalue weighted by molar-refractivity contribution is 0.527. The summed E-state index contributed by atoms with van der Waals surface area (Å²) in [4.78, 5) is 1.97. The summed E-state index contributed by atoms with van der Waals surface area (Å²) in [6.07, 6.45) is 1.66. The van der Waals surface area contributed by atoms with E-state index in [1.807, 2.05) is 31.2 Å². The lowest BCUT2D eigenvalue weighted by atomic mass is 10.2. The molecule has 0 spiro atoms. The van der Waals surface area contributed by atoms with Crippen LogP contribution in [0.15, 0.2) is 49.2 Å². The molecule has 2 rings (SSSR count). The number of halogens is 1. The van der Waals surface area contributed by atoms with E-state index in [1.165, 1.54) is 0 Å². The molecule has 0 unspecified atom stereocenters. The Balaban J connectivity index is 2.43. The Kier molecular flexibility index (Phi) is 3.59. The van der Waals surface area contributed by atoms with Gasteiger partial charge in [0.2, 0.25) is 0 Å². The van der Waals surface area contributed by atoms with Crippen LogP contribution in [0.3, 0.4) is 0 Å². The van der Waals surface area contributed by atoms with Crippen molar-refractivity contribution in [1.82, 2.24) is 0 Å². The van der Waals surface area contributed by atoms with Crippen LogP contribution < -0.4 is 5.73 Å². The molecule has 0 aliphatic heterocycles. The summed E-state index contributed by atoms with van der Waals surface area (Å²) in [5, 5.41) is 7.61. The summed E-state index contributed by atoms with van der Waals surface area (Å²) < 4.78 is 6.08. The zero-order chi connectivity index (χ0) is 12.4. The highest BCUT2D eigenvalue weighted by atomic mass is 79.9. The van der Waals surface area contributed by atoms with E-state index in [4.69, 9.17) is 15.6 Å². The summed E-state index contributed by atoms with van der Waals surface area (Å²) in [7, 11) is 0. The maximum Gasteiger partial charge on any atom is 0.125 e. The summed E-state index contributed by atoms with van der Waals surface area (Å²) in [6.45, 7) is 1.91. The molecular weight excluding hydrogens is 300 g/mol. The Morgan fingerprint density at radius 2 is 2.12 bits per heavy atom. The second kappa shape index (κ2) is 4.98. The Hall–Kier alpha value is -1.20. The molecular formula is C12H11BrN2OS. The highest BCUT2D eigenvalue weighted by Crippen LogP contribution is 2.35. The molecule has 1 aromatic carbocycles.